The molecule has 0 atom stereocenters. The average Bonchev–Trinajstić information content (AvgIpc) is 2.43. The maximum absolute atomic E-state index is 13.6. The lowest BCUT2D eigenvalue weighted by atomic mass is 10.1. The van der Waals surface area contributed by atoms with Gasteiger partial charge in [0.2, 0.25) is 0 Å². The van der Waals surface area contributed by atoms with Crippen LogP contribution in [0, 0.1) is 0 Å². The van der Waals surface area contributed by atoms with Gasteiger partial charge in [-0.2, -0.15) is 30.7 Å². The van der Waals surface area contributed by atoms with Gasteiger partial charge in [0.15, 0.2) is 0 Å². The smallest absolute Gasteiger partial charge is 0.305 e. The molecule has 2 rings (SSSR count). The van der Waals surface area contributed by atoms with Gasteiger partial charge in [0.25, 0.3) is 5.56 Å². The number of nitrogens with zero attached hydrogens (tertiary/aromatic N) is 1. The molecule has 0 unspecified atom stereocenters. The molecule has 0 radical (unpaired) electrons. The third-order valence-electron chi connectivity index (χ3n) is 3.13. The zero-order valence-electron chi connectivity index (χ0n) is 12.0. The number of aromatic nitrogens is 2. The Morgan fingerprint density at radius 1 is 0.846 bits per heavy atom. The molecule has 0 fully saturated rings. The highest BCUT2D eigenvalue weighted by atomic mass is 35.5. The highest BCUT2D eigenvalue weighted by Crippen LogP contribution is 2.50. The Morgan fingerprint density at radius 3 is 1.77 bits per heavy atom. The molecular weight excluding hydrogens is 420 g/mol. The Morgan fingerprint density at radius 2 is 1.35 bits per heavy atom. The van der Waals surface area contributed by atoms with E-state index in [1.165, 1.54) is 6.07 Å². The van der Waals surface area contributed by atoms with Gasteiger partial charge in [-0.15, -0.1) is 0 Å². The zero-order valence-corrected chi connectivity index (χ0v) is 13.5. The van der Waals surface area contributed by atoms with E-state index >= 15 is 0 Å². The van der Waals surface area contributed by atoms with E-state index < -0.39 is 35.0 Å². The largest absolute Gasteiger partial charge is 0.460 e. The standard InChI is InChI=1S/C13H5Cl2F7N2O2/c14-5-1-6(15)3-7(2-5)24-9(25)4-8(23-10(24)26)11(16,17)12(18,19)13(20,21)22/h1-4H,(H,23,26). The monoisotopic (exact) mass is 424 g/mol. The molecule has 1 aromatic carbocycles. The molecule has 0 saturated heterocycles. The molecule has 0 aliphatic rings. The molecule has 13 heteroatoms. The fourth-order valence-electron chi connectivity index (χ4n) is 1.92. The van der Waals surface area contributed by atoms with Gasteiger partial charge in [0.05, 0.1) is 5.69 Å². The number of benzene rings is 1. The van der Waals surface area contributed by atoms with Gasteiger partial charge in [-0.05, 0) is 18.2 Å². The first-order chi connectivity index (χ1) is 11.7. The van der Waals surface area contributed by atoms with Crippen LogP contribution >= 0.6 is 23.2 Å². The van der Waals surface area contributed by atoms with Crippen molar-refractivity contribution < 1.29 is 30.7 Å². The van der Waals surface area contributed by atoms with Crippen LogP contribution in [0.2, 0.25) is 10.0 Å². The minimum Gasteiger partial charge on any atom is -0.305 e. The molecule has 1 heterocycles. The molecule has 4 nitrogen and oxygen atoms in total. The fraction of sp³-hybridized carbons (Fsp3) is 0.231. The summed E-state index contributed by atoms with van der Waals surface area (Å²) in [5.41, 5.74) is -5.80. The second-order valence-electron chi connectivity index (χ2n) is 4.94. The number of nitrogens with one attached hydrogen (secondary N) is 1. The normalized spacial score (nSPS) is 13.1. The van der Waals surface area contributed by atoms with Crippen LogP contribution in [0.3, 0.4) is 0 Å². The Kier molecular flexibility index (Phi) is 4.92. The number of rotatable bonds is 3. The van der Waals surface area contributed by atoms with Crippen molar-refractivity contribution in [3.63, 3.8) is 0 Å². The van der Waals surface area contributed by atoms with Crippen LogP contribution in [0.15, 0.2) is 33.9 Å². The highest BCUT2D eigenvalue weighted by molar-refractivity contribution is 6.34. The Hall–Kier alpha value is -2.01. The quantitative estimate of drug-likeness (QED) is 0.753. The maximum atomic E-state index is 13.6. The lowest BCUT2D eigenvalue weighted by Gasteiger charge is -2.27. The van der Waals surface area contributed by atoms with E-state index in [4.69, 9.17) is 23.2 Å². The average molecular weight is 425 g/mol. The van der Waals surface area contributed by atoms with E-state index in [1.807, 2.05) is 0 Å². The number of halogens is 9. The number of alkyl halides is 7. The minimum atomic E-state index is -6.62. The first-order valence-electron chi connectivity index (χ1n) is 6.34. The van der Waals surface area contributed by atoms with Gasteiger partial charge < -0.3 is 4.98 Å². The topological polar surface area (TPSA) is 54.9 Å². The Bertz CT molecular complexity index is 915. The highest BCUT2D eigenvalue weighted by Gasteiger charge is 2.74. The van der Waals surface area contributed by atoms with Gasteiger partial charge in [-0.1, -0.05) is 23.2 Å². The summed E-state index contributed by atoms with van der Waals surface area (Å²) in [4.78, 5) is 24.9. The van der Waals surface area contributed by atoms with Gasteiger partial charge in [-0.25, -0.2) is 9.36 Å². The predicted octanol–water partition coefficient (Wildman–Crippen LogP) is 4.12. The zero-order chi connectivity index (χ0) is 20.1. The number of hydrogen-bond donors (Lipinski definition) is 1. The van der Waals surface area contributed by atoms with Crippen LogP contribution in [0.4, 0.5) is 30.7 Å². The minimum absolute atomic E-state index is 0.0585. The van der Waals surface area contributed by atoms with Crippen molar-refractivity contribution >= 4 is 23.2 Å². The van der Waals surface area contributed by atoms with E-state index in [0.29, 0.717) is 0 Å². The van der Waals surface area contributed by atoms with Crippen LogP contribution in [-0.2, 0) is 5.92 Å². The summed E-state index contributed by atoms with van der Waals surface area (Å²) >= 11 is 11.3. The van der Waals surface area contributed by atoms with Crippen LogP contribution in [0.5, 0.6) is 0 Å². The summed E-state index contributed by atoms with van der Waals surface area (Å²) in [7, 11) is 0. The van der Waals surface area contributed by atoms with Gasteiger partial charge in [0.1, 0.15) is 5.69 Å². The van der Waals surface area contributed by atoms with Crippen LogP contribution in [0.1, 0.15) is 5.69 Å². The molecule has 0 spiro atoms. The molecular formula is C13H5Cl2F7N2O2. The number of aromatic amines is 1. The molecule has 2 aromatic rings. The molecule has 0 aliphatic carbocycles. The summed E-state index contributed by atoms with van der Waals surface area (Å²) in [5, 5.41) is -0.117. The van der Waals surface area contributed by atoms with Crippen LogP contribution in [-0.4, -0.2) is 21.6 Å². The molecule has 0 bridgehead atoms. The first-order valence-corrected chi connectivity index (χ1v) is 7.10. The lowest BCUT2D eigenvalue weighted by molar-refractivity contribution is -0.360. The third-order valence-corrected chi connectivity index (χ3v) is 3.56. The van der Waals surface area contributed by atoms with Crippen molar-refractivity contribution in [2.75, 3.05) is 0 Å². The Balaban J connectivity index is 2.68. The maximum Gasteiger partial charge on any atom is 0.460 e. The van der Waals surface area contributed by atoms with Gasteiger partial charge in [0, 0.05) is 16.1 Å². The van der Waals surface area contributed by atoms with Crippen molar-refractivity contribution in [2.45, 2.75) is 18.0 Å². The van der Waals surface area contributed by atoms with Crippen molar-refractivity contribution in [3.05, 3.63) is 60.8 Å². The van der Waals surface area contributed by atoms with Crippen molar-refractivity contribution in [1.29, 1.82) is 0 Å². The summed E-state index contributed by atoms with van der Waals surface area (Å²) in [5.74, 6) is -12.4. The van der Waals surface area contributed by atoms with Gasteiger partial charge >= 0.3 is 23.7 Å². The first kappa shape index (κ1) is 20.3. The summed E-state index contributed by atoms with van der Waals surface area (Å²) in [6.45, 7) is 0. The number of hydrogen-bond acceptors (Lipinski definition) is 2. The molecule has 0 aliphatic heterocycles. The lowest BCUT2D eigenvalue weighted by Crippen LogP contribution is -2.51. The molecule has 1 aromatic heterocycles. The predicted molar refractivity (Wildman–Crippen MR) is 77.6 cm³/mol. The fourth-order valence-corrected chi connectivity index (χ4v) is 2.44. The molecule has 142 valence electrons. The van der Waals surface area contributed by atoms with Crippen molar-refractivity contribution in [2.24, 2.45) is 0 Å². The third kappa shape index (κ3) is 3.32. The Labute approximate surface area is 148 Å². The number of H-pyrrole nitrogens is 1. The SMILES string of the molecule is O=c1cc(C(F)(F)C(F)(F)C(F)(F)F)[nH]c(=O)n1-c1cc(Cl)cc(Cl)c1. The molecule has 0 saturated carbocycles. The summed E-state index contributed by atoms with van der Waals surface area (Å²) < 4.78 is 90.2. The summed E-state index contributed by atoms with van der Waals surface area (Å²) in [6.07, 6.45) is -6.62. The van der Waals surface area contributed by atoms with Crippen molar-refractivity contribution in [1.82, 2.24) is 9.55 Å². The molecule has 1 N–H and O–H groups in total. The molecule has 0 amide bonds. The van der Waals surface area contributed by atoms with E-state index in [9.17, 15) is 40.3 Å². The van der Waals surface area contributed by atoms with E-state index in [-0.39, 0.29) is 26.4 Å². The van der Waals surface area contributed by atoms with Crippen LogP contribution < -0.4 is 11.2 Å². The second kappa shape index (κ2) is 6.31. The van der Waals surface area contributed by atoms with E-state index in [0.717, 1.165) is 17.1 Å². The van der Waals surface area contributed by atoms with Crippen molar-refractivity contribution in [3.8, 4) is 5.69 Å². The van der Waals surface area contributed by atoms with Crippen LogP contribution in [0.25, 0.3) is 5.69 Å². The molecule has 26 heavy (non-hydrogen) atoms. The van der Waals surface area contributed by atoms with Gasteiger partial charge in [-0.3, -0.25) is 4.79 Å². The van der Waals surface area contributed by atoms with E-state index in [1.54, 1.807) is 0 Å². The van der Waals surface area contributed by atoms with E-state index in [2.05, 4.69) is 0 Å². The second-order valence-corrected chi connectivity index (χ2v) is 5.81. The summed E-state index contributed by atoms with van der Waals surface area (Å²) in [6, 6.07) is 3.01.